The van der Waals surface area contributed by atoms with E-state index in [1.165, 1.54) is 30.6 Å². The molecule has 2 heterocycles. The van der Waals surface area contributed by atoms with Gasteiger partial charge < -0.3 is 15.4 Å². The maximum absolute atomic E-state index is 13.2. The number of thiophene rings is 1. The molecule has 0 saturated heterocycles. The maximum Gasteiger partial charge on any atom is 0.407 e. The molecule has 0 spiro atoms. The Bertz CT molecular complexity index is 1260. The van der Waals surface area contributed by atoms with Gasteiger partial charge in [-0.3, -0.25) is 14.1 Å². The molecule has 36 heavy (non-hydrogen) atoms. The minimum atomic E-state index is -4.38. The number of ether oxygens (including phenoxy) is 1. The summed E-state index contributed by atoms with van der Waals surface area (Å²) in [5.74, 6) is -0.224. The van der Waals surface area contributed by atoms with E-state index in [-0.39, 0.29) is 17.5 Å². The van der Waals surface area contributed by atoms with Crippen LogP contribution >= 0.6 is 22.7 Å². The van der Waals surface area contributed by atoms with E-state index in [1.54, 1.807) is 23.5 Å². The average molecular weight is 553 g/mol. The molecule has 3 rings (SSSR count). The zero-order chi connectivity index (χ0) is 26.3. The second kappa shape index (κ2) is 12.3. The van der Waals surface area contributed by atoms with Gasteiger partial charge in [0.1, 0.15) is 11.0 Å². The van der Waals surface area contributed by atoms with Gasteiger partial charge in [-0.25, -0.2) is 9.78 Å². The van der Waals surface area contributed by atoms with Crippen LogP contribution in [0.25, 0.3) is 9.88 Å². The Morgan fingerprint density at radius 1 is 1.11 bits per heavy atom. The number of alkyl carbamates (subject to hydrolysis) is 1. The number of hydrogen-bond donors (Lipinski definition) is 4. The fourth-order valence-corrected chi connectivity index (χ4v) is 5.58. The molecule has 10 nitrogen and oxygen atoms in total. The molecule has 0 radical (unpaired) electrons. The first-order valence-electron chi connectivity index (χ1n) is 11.0. The topological polar surface area (TPSA) is 147 Å². The first-order chi connectivity index (χ1) is 17.0. The molecule has 2 atom stereocenters. The fourth-order valence-electron chi connectivity index (χ4n) is 3.46. The van der Waals surface area contributed by atoms with Crippen LogP contribution in [0.3, 0.4) is 0 Å². The Hall–Kier alpha value is -3.00. The van der Waals surface area contributed by atoms with Gasteiger partial charge >= 0.3 is 16.4 Å². The number of carbonyl (C=O) groups is 2. The van der Waals surface area contributed by atoms with Crippen LogP contribution < -0.4 is 15.4 Å². The number of amides is 2. The second-order valence-electron chi connectivity index (χ2n) is 8.41. The normalized spacial score (nSPS) is 13.1. The van der Waals surface area contributed by atoms with Crippen LogP contribution in [0.15, 0.2) is 47.2 Å². The van der Waals surface area contributed by atoms with Crippen molar-refractivity contribution in [2.75, 3.05) is 11.8 Å². The molecule has 13 heteroatoms. The fraction of sp³-hybridized carbons (Fsp3) is 0.348. The predicted octanol–water partition coefficient (Wildman–Crippen LogP) is 4.26. The number of hydrogen-bond acceptors (Lipinski definition) is 8. The van der Waals surface area contributed by atoms with Crippen molar-refractivity contribution in [2.45, 2.75) is 38.8 Å². The highest BCUT2D eigenvalue weighted by molar-refractivity contribution is 7.87. The van der Waals surface area contributed by atoms with E-state index in [1.807, 2.05) is 41.5 Å². The maximum atomic E-state index is 13.2. The van der Waals surface area contributed by atoms with E-state index >= 15 is 0 Å². The Kier molecular flexibility index (Phi) is 9.43. The molecule has 3 aromatic rings. The number of anilines is 1. The molecule has 2 amide bonds. The van der Waals surface area contributed by atoms with Gasteiger partial charge in [0.05, 0.1) is 29.4 Å². The molecule has 0 fully saturated rings. The monoisotopic (exact) mass is 552 g/mol. The summed E-state index contributed by atoms with van der Waals surface area (Å²) in [7, 11) is -3.14. The van der Waals surface area contributed by atoms with Crippen molar-refractivity contribution < 1.29 is 27.3 Å². The molecule has 1 aromatic carbocycles. The molecule has 0 aliphatic carbocycles. The molecule has 0 saturated carbocycles. The van der Waals surface area contributed by atoms with Gasteiger partial charge in [0, 0.05) is 5.38 Å². The number of aromatic nitrogens is 1. The van der Waals surface area contributed by atoms with Crippen LogP contribution in [0.5, 0.6) is 0 Å². The van der Waals surface area contributed by atoms with Crippen LogP contribution in [0.4, 0.5) is 10.5 Å². The zero-order valence-electron chi connectivity index (χ0n) is 19.9. The smallest absolute Gasteiger partial charge is 0.407 e. The quantitative estimate of drug-likeness (QED) is 0.260. The number of nitrogens with one attached hydrogen (secondary N) is 3. The zero-order valence-corrected chi connectivity index (χ0v) is 22.4. The molecule has 4 N–H and O–H groups in total. The summed E-state index contributed by atoms with van der Waals surface area (Å²) in [6, 6.07) is 9.02. The van der Waals surface area contributed by atoms with Gasteiger partial charge in [-0.1, -0.05) is 32.0 Å². The highest BCUT2D eigenvalue weighted by Crippen LogP contribution is 2.31. The summed E-state index contributed by atoms with van der Waals surface area (Å²) in [6.45, 7) is 3.90. The molecule has 0 unspecified atom stereocenters. The van der Waals surface area contributed by atoms with Crippen LogP contribution in [-0.4, -0.2) is 43.1 Å². The van der Waals surface area contributed by atoms with Gasteiger partial charge in [-0.2, -0.15) is 8.42 Å². The highest BCUT2D eigenvalue weighted by atomic mass is 32.2. The molecule has 2 aromatic heterocycles. The van der Waals surface area contributed by atoms with Gasteiger partial charge in [-0.15, -0.1) is 22.7 Å². The van der Waals surface area contributed by atoms with E-state index in [0.717, 1.165) is 15.4 Å². The van der Waals surface area contributed by atoms with Gasteiger partial charge in [0.25, 0.3) is 0 Å². The van der Waals surface area contributed by atoms with Crippen LogP contribution in [-0.2, 0) is 26.3 Å². The minimum absolute atomic E-state index is 0.143. The lowest BCUT2D eigenvalue weighted by Crippen LogP contribution is -2.48. The Morgan fingerprint density at radius 2 is 1.83 bits per heavy atom. The van der Waals surface area contributed by atoms with Crippen LogP contribution in [0, 0.1) is 5.92 Å². The number of carbonyl (C=O) groups excluding carboxylic acids is 2. The number of methoxy groups -OCH3 is 1. The molecular formula is C23H28N4O6S3. The summed E-state index contributed by atoms with van der Waals surface area (Å²) >= 11 is 3.04. The van der Waals surface area contributed by atoms with Gasteiger partial charge in [0.2, 0.25) is 5.91 Å². The Labute approximate surface area is 218 Å². The molecule has 0 aliphatic heterocycles. The van der Waals surface area contributed by atoms with Crippen molar-refractivity contribution in [3.63, 3.8) is 0 Å². The first kappa shape index (κ1) is 27.6. The van der Waals surface area contributed by atoms with E-state index in [4.69, 9.17) is 9.54 Å². The number of rotatable bonds is 11. The Morgan fingerprint density at radius 3 is 2.42 bits per heavy atom. The first-order valence-corrected chi connectivity index (χ1v) is 14.2. The lowest BCUT2D eigenvalue weighted by molar-refractivity contribution is -0.124. The standard InChI is InChI=1S/C23H28N4O6S3/c1-14(2)11-18(26-23(29)33-3)21(28)24-17(19-13-35-22(25-19)20-5-4-10-34-20)12-15-6-8-16(9-7-15)27-36(30,31)32/h4-10,13-14,17-18,27H,11-12H2,1-3H3,(H,24,28)(H,26,29)(H,30,31,32)/t17-,18-/m0/s1. The summed E-state index contributed by atoms with van der Waals surface area (Å²) in [5, 5.41) is 10.3. The summed E-state index contributed by atoms with van der Waals surface area (Å²) in [4.78, 5) is 30.8. The lowest BCUT2D eigenvalue weighted by Gasteiger charge is -2.23. The largest absolute Gasteiger partial charge is 0.453 e. The SMILES string of the molecule is COC(=O)N[C@@H](CC(C)C)C(=O)N[C@@H](Cc1ccc(NS(=O)(=O)O)cc1)c1csc(-c2cccs2)n1. The highest BCUT2D eigenvalue weighted by Gasteiger charge is 2.27. The van der Waals surface area contributed by atoms with Gasteiger partial charge in [-0.05, 0) is 47.9 Å². The van der Waals surface area contributed by atoms with Crippen LogP contribution in [0.1, 0.15) is 37.6 Å². The van der Waals surface area contributed by atoms with Crippen molar-refractivity contribution in [3.05, 3.63) is 58.4 Å². The average Bonchev–Trinajstić information content (AvgIpc) is 3.50. The minimum Gasteiger partial charge on any atom is -0.453 e. The summed E-state index contributed by atoms with van der Waals surface area (Å²) in [5.41, 5.74) is 1.67. The summed E-state index contributed by atoms with van der Waals surface area (Å²) < 4.78 is 37.8. The third kappa shape index (κ3) is 8.29. The lowest BCUT2D eigenvalue weighted by atomic mass is 10.0. The van der Waals surface area contributed by atoms with E-state index in [2.05, 4.69) is 15.4 Å². The number of thiazole rings is 1. The van der Waals surface area contributed by atoms with Crippen molar-refractivity contribution in [1.29, 1.82) is 0 Å². The van der Waals surface area contributed by atoms with Crippen molar-refractivity contribution in [3.8, 4) is 9.88 Å². The Balaban J connectivity index is 1.85. The predicted molar refractivity (Wildman–Crippen MR) is 140 cm³/mol. The van der Waals surface area contributed by atoms with E-state index in [9.17, 15) is 18.0 Å². The number of nitrogens with zero attached hydrogens (tertiary/aromatic N) is 1. The number of benzene rings is 1. The second-order valence-corrected chi connectivity index (χ2v) is 11.4. The summed E-state index contributed by atoms with van der Waals surface area (Å²) in [6.07, 6.45) is 0.0853. The van der Waals surface area contributed by atoms with Crippen molar-refractivity contribution >= 4 is 50.7 Å². The third-order valence-corrected chi connectivity index (χ3v) is 7.46. The van der Waals surface area contributed by atoms with Crippen LogP contribution in [0.2, 0.25) is 0 Å². The molecule has 0 bridgehead atoms. The third-order valence-electron chi connectivity index (χ3n) is 5.07. The van der Waals surface area contributed by atoms with Gasteiger partial charge in [0.15, 0.2) is 0 Å². The molecule has 194 valence electrons. The van der Waals surface area contributed by atoms with E-state index in [0.29, 0.717) is 18.5 Å². The van der Waals surface area contributed by atoms with E-state index < -0.39 is 28.5 Å². The van der Waals surface area contributed by atoms with Crippen molar-refractivity contribution in [2.24, 2.45) is 5.92 Å². The molecule has 0 aliphatic rings. The van der Waals surface area contributed by atoms with Crippen molar-refractivity contribution in [1.82, 2.24) is 15.6 Å². The molecular weight excluding hydrogens is 524 g/mol.